The van der Waals surface area contributed by atoms with E-state index in [0.717, 1.165) is 11.1 Å². The Morgan fingerprint density at radius 3 is 2.34 bits per heavy atom. The number of benzene rings is 3. The average molecular weight is 474 g/mol. The predicted octanol–water partition coefficient (Wildman–Crippen LogP) is 3.21. The fourth-order valence-electron chi connectivity index (χ4n) is 3.55. The number of nitrogens with one attached hydrogen (secondary N) is 2. The third-order valence-electron chi connectivity index (χ3n) is 5.18. The molecule has 0 atom stereocenters. The Kier molecular flexibility index (Phi) is 6.09. The summed E-state index contributed by atoms with van der Waals surface area (Å²) in [6, 6.07) is 20.0. The van der Waals surface area contributed by atoms with E-state index >= 15 is 0 Å². The number of anilines is 2. The minimum absolute atomic E-state index is 0.0763. The summed E-state index contributed by atoms with van der Waals surface area (Å²) in [5.74, 6) is 0.373. The molecule has 8 nitrogen and oxygen atoms in total. The molecule has 0 aromatic heterocycles. The van der Waals surface area contributed by atoms with Crippen molar-refractivity contribution in [2.24, 2.45) is 0 Å². The first kappa shape index (κ1) is 22.1. The van der Waals surface area contributed by atoms with Crippen LogP contribution in [0.15, 0.2) is 77.7 Å². The van der Waals surface area contributed by atoms with Crippen molar-refractivity contribution >= 4 is 31.6 Å². The maximum Gasteiger partial charge on any atom is 0.301 e. The summed E-state index contributed by atoms with van der Waals surface area (Å²) in [5, 5.41) is 0. The van der Waals surface area contributed by atoms with Gasteiger partial charge in [-0.1, -0.05) is 42.5 Å². The van der Waals surface area contributed by atoms with Gasteiger partial charge in [-0.2, -0.15) is 12.7 Å². The Bertz CT molecular complexity index is 1340. The van der Waals surface area contributed by atoms with Crippen LogP contribution in [0.4, 0.5) is 11.4 Å². The van der Waals surface area contributed by atoms with E-state index in [-0.39, 0.29) is 22.8 Å². The average Bonchev–Trinajstić information content (AvgIpc) is 2.79. The van der Waals surface area contributed by atoms with Crippen molar-refractivity contribution in [3.8, 4) is 5.75 Å². The van der Waals surface area contributed by atoms with E-state index in [0.29, 0.717) is 18.7 Å². The lowest BCUT2D eigenvalue weighted by Crippen LogP contribution is -2.39. The van der Waals surface area contributed by atoms with E-state index in [1.54, 1.807) is 24.3 Å². The first-order valence-corrected chi connectivity index (χ1v) is 12.8. The van der Waals surface area contributed by atoms with Crippen LogP contribution in [-0.2, 0) is 33.2 Å². The van der Waals surface area contributed by atoms with Crippen molar-refractivity contribution in [1.82, 2.24) is 4.31 Å². The van der Waals surface area contributed by atoms with Gasteiger partial charge < -0.3 is 4.74 Å². The summed E-state index contributed by atoms with van der Waals surface area (Å²) in [7, 11) is -6.38. The summed E-state index contributed by atoms with van der Waals surface area (Å²) >= 11 is 0. The highest BCUT2D eigenvalue weighted by molar-refractivity contribution is 7.92. The second kappa shape index (κ2) is 8.81. The number of nitrogens with zero attached hydrogens (tertiary/aromatic N) is 1. The number of fused-ring (bicyclic) bond motifs is 1. The molecule has 4 rings (SSSR count). The molecular weight excluding hydrogens is 450 g/mol. The first-order chi connectivity index (χ1) is 15.3. The van der Waals surface area contributed by atoms with Gasteiger partial charge in [0.25, 0.3) is 10.0 Å². The van der Waals surface area contributed by atoms with Gasteiger partial charge in [-0.05, 0) is 47.9 Å². The molecule has 0 amide bonds. The number of ether oxygens (including phenoxy) is 1. The van der Waals surface area contributed by atoms with Gasteiger partial charge in [0.1, 0.15) is 5.75 Å². The number of rotatable bonds is 7. The molecule has 2 N–H and O–H groups in total. The van der Waals surface area contributed by atoms with Crippen molar-refractivity contribution in [1.29, 1.82) is 0 Å². The molecule has 168 valence electrons. The molecule has 10 heteroatoms. The molecule has 0 bridgehead atoms. The van der Waals surface area contributed by atoms with E-state index in [4.69, 9.17) is 4.74 Å². The van der Waals surface area contributed by atoms with Gasteiger partial charge in [-0.3, -0.25) is 9.44 Å². The van der Waals surface area contributed by atoms with E-state index in [2.05, 4.69) is 9.44 Å². The number of sulfonamides is 1. The highest BCUT2D eigenvalue weighted by Gasteiger charge is 2.27. The lowest BCUT2D eigenvalue weighted by atomic mass is 10.0. The first-order valence-electron chi connectivity index (χ1n) is 9.89. The second-order valence-electron chi connectivity index (χ2n) is 7.29. The van der Waals surface area contributed by atoms with E-state index < -0.39 is 20.2 Å². The van der Waals surface area contributed by atoms with Gasteiger partial charge in [0.05, 0.1) is 23.4 Å². The van der Waals surface area contributed by atoms with Crippen LogP contribution in [0.25, 0.3) is 0 Å². The molecule has 1 aliphatic heterocycles. The van der Waals surface area contributed by atoms with E-state index in [1.165, 1.54) is 35.7 Å². The molecule has 0 fully saturated rings. The smallest absolute Gasteiger partial charge is 0.301 e. The van der Waals surface area contributed by atoms with Crippen LogP contribution in [0.2, 0.25) is 0 Å². The van der Waals surface area contributed by atoms with Crippen LogP contribution in [0.3, 0.4) is 0 Å². The topological polar surface area (TPSA) is 105 Å². The quantitative estimate of drug-likeness (QED) is 0.548. The monoisotopic (exact) mass is 473 g/mol. The van der Waals surface area contributed by atoms with Gasteiger partial charge >= 0.3 is 10.2 Å². The van der Waals surface area contributed by atoms with Crippen LogP contribution in [0, 0.1) is 0 Å². The third kappa shape index (κ3) is 4.72. The molecule has 0 radical (unpaired) electrons. The zero-order valence-electron chi connectivity index (χ0n) is 17.4. The van der Waals surface area contributed by atoms with Gasteiger partial charge in [-0.25, -0.2) is 8.42 Å². The van der Waals surface area contributed by atoms with Crippen LogP contribution < -0.4 is 14.2 Å². The Morgan fingerprint density at radius 1 is 0.844 bits per heavy atom. The summed E-state index contributed by atoms with van der Waals surface area (Å²) in [6.07, 6.45) is 0.619. The Labute approximate surface area is 188 Å². The lowest BCUT2D eigenvalue weighted by molar-refractivity contribution is 0.394. The van der Waals surface area contributed by atoms with Gasteiger partial charge in [0.2, 0.25) is 0 Å². The maximum atomic E-state index is 12.9. The maximum absolute atomic E-state index is 12.9. The minimum atomic E-state index is -3.97. The SMILES string of the molecule is COc1ccccc1NS(=O)(=O)c1cccc(NS(=O)(=O)N2CCc3ccccc3C2)c1. The zero-order valence-corrected chi connectivity index (χ0v) is 19.0. The molecule has 0 aliphatic carbocycles. The molecule has 3 aromatic rings. The Hall–Kier alpha value is -3.08. The van der Waals surface area contributed by atoms with Crippen LogP contribution >= 0.6 is 0 Å². The lowest BCUT2D eigenvalue weighted by Gasteiger charge is -2.28. The van der Waals surface area contributed by atoms with Crippen molar-refractivity contribution in [2.75, 3.05) is 23.1 Å². The van der Waals surface area contributed by atoms with Crippen molar-refractivity contribution in [2.45, 2.75) is 17.9 Å². The fourth-order valence-corrected chi connectivity index (χ4v) is 5.86. The van der Waals surface area contributed by atoms with Crippen LogP contribution in [0.5, 0.6) is 5.75 Å². The summed E-state index contributed by atoms with van der Waals surface area (Å²) < 4.78 is 63.1. The van der Waals surface area contributed by atoms with Gasteiger partial charge in [-0.15, -0.1) is 0 Å². The minimum Gasteiger partial charge on any atom is -0.495 e. The zero-order chi connectivity index (χ0) is 22.8. The number of hydrogen-bond donors (Lipinski definition) is 2. The second-order valence-corrected chi connectivity index (χ2v) is 10.6. The fraction of sp³-hybridized carbons (Fsp3) is 0.182. The molecule has 1 aliphatic rings. The highest BCUT2D eigenvalue weighted by atomic mass is 32.2. The Morgan fingerprint density at radius 2 is 1.56 bits per heavy atom. The molecule has 0 saturated heterocycles. The molecule has 32 heavy (non-hydrogen) atoms. The normalized spacial score (nSPS) is 14.4. The van der Waals surface area contributed by atoms with Crippen LogP contribution in [-0.4, -0.2) is 34.8 Å². The summed E-state index contributed by atoms with van der Waals surface area (Å²) in [4.78, 5) is -0.0763. The number of methoxy groups -OCH3 is 1. The van der Waals surface area contributed by atoms with Gasteiger partial charge in [0.15, 0.2) is 0 Å². The van der Waals surface area contributed by atoms with Crippen LogP contribution in [0.1, 0.15) is 11.1 Å². The largest absolute Gasteiger partial charge is 0.495 e. The van der Waals surface area contributed by atoms with Gasteiger partial charge in [0, 0.05) is 13.1 Å². The molecular formula is C22H23N3O5S2. The molecule has 0 unspecified atom stereocenters. The summed E-state index contributed by atoms with van der Waals surface area (Å²) in [6.45, 7) is 0.610. The number of hydrogen-bond acceptors (Lipinski definition) is 5. The highest BCUT2D eigenvalue weighted by Crippen LogP contribution is 2.27. The Balaban J connectivity index is 1.54. The van der Waals surface area contributed by atoms with Crippen molar-refractivity contribution in [3.05, 3.63) is 83.9 Å². The molecule has 3 aromatic carbocycles. The standard InChI is InChI=1S/C22H23N3O5S2/c1-30-22-12-5-4-11-21(22)24-31(26,27)20-10-6-9-19(15-20)23-32(28,29)25-14-13-17-7-2-3-8-18(17)16-25/h2-12,15,23-24H,13-14,16H2,1H3. The molecule has 0 spiro atoms. The van der Waals surface area contributed by atoms with Crippen molar-refractivity contribution < 1.29 is 21.6 Å². The molecule has 0 saturated carbocycles. The van der Waals surface area contributed by atoms with E-state index in [1.807, 2.05) is 24.3 Å². The van der Waals surface area contributed by atoms with E-state index in [9.17, 15) is 16.8 Å². The predicted molar refractivity (Wildman–Crippen MR) is 123 cm³/mol. The van der Waals surface area contributed by atoms with Crippen molar-refractivity contribution in [3.63, 3.8) is 0 Å². The summed E-state index contributed by atoms with van der Waals surface area (Å²) in [5.41, 5.74) is 2.54. The molecule has 1 heterocycles. The number of para-hydroxylation sites is 2. The third-order valence-corrected chi connectivity index (χ3v) is 8.03.